The molecular weight excluding hydrogens is 474 g/mol. The molecule has 9 heteroatoms. The number of halogens is 1. The van der Waals surface area contributed by atoms with Crippen LogP contribution in [0.15, 0.2) is 53.0 Å². The van der Waals surface area contributed by atoms with Crippen LogP contribution in [0.2, 0.25) is 5.02 Å². The molecule has 0 fully saturated rings. The Labute approximate surface area is 206 Å². The summed E-state index contributed by atoms with van der Waals surface area (Å²) in [6.07, 6.45) is 0. The second-order valence-corrected chi connectivity index (χ2v) is 9.76. The maximum Gasteiger partial charge on any atom is 0.230 e. The summed E-state index contributed by atoms with van der Waals surface area (Å²) in [6, 6.07) is 13.6. The molecule has 0 unspecified atom stereocenters. The van der Waals surface area contributed by atoms with Crippen molar-refractivity contribution in [3.8, 4) is 11.4 Å². The highest BCUT2D eigenvalue weighted by Crippen LogP contribution is 2.34. The van der Waals surface area contributed by atoms with Crippen LogP contribution in [0.25, 0.3) is 11.4 Å². The van der Waals surface area contributed by atoms with Gasteiger partial charge in [0.15, 0.2) is 16.1 Å². The monoisotopic (exact) mass is 497 g/mol. The van der Waals surface area contributed by atoms with Crippen LogP contribution in [-0.2, 0) is 17.1 Å². The van der Waals surface area contributed by atoms with Crippen LogP contribution < -0.4 is 4.90 Å². The Morgan fingerprint density at radius 2 is 1.91 bits per heavy atom. The number of hydrogen-bond acceptors (Lipinski definition) is 6. The highest BCUT2D eigenvalue weighted by Gasteiger charge is 2.21. The molecule has 2 aromatic carbocycles. The fraction of sp³-hybridized carbons (Fsp3) is 0.250. The first-order chi connectivity index (χ1) is 15.9. The van der Waals surface area contributed by atoms with Gasteiger partial charge in [-0.3, -0.25) is 9.69 Å². The van der Waals surface area contributed by atoms with Gasteiger partial charge in [-0.05, 0) is 62.2 Å². The van der Waals surface area contributed by atoms with Crippen LogP contribution in [0, 0.1) is 13.8 Å². The van der Waals surface area contributed by atoms with Gasteiger partial charge in [0.1, 0.15) is 0 Å². The number of amides is 1. The molecular formula is C24H24ClN5OS2. The van der Waals surface area contributed by atoms with E-state index in [0.29, 0.717) is 15.9 Å². The van der Waals surface area contributed by atoms with Crippen molar-refractivity contribution in [3.63, 3.8) is 0 Å². The summed E-state index contributed by atoms with van der Waals surface area (Å²) in [7, 11) is 0. The highest BCUT2D eigenvalue weighted by molar-refractivity contribution is 7.98. The zero-order valence-corrected chi connectivity index (χ0v) is 21.3. The van der Waals surface area contributed by atoms with Crippen molar-refractivity contribution in [2.45, 2.75) is 45.1 Å². The molecule has 4 rings (SSSR count). The van der Waals surface area contributed by atoms with Gasteiger partial charge in [-0.25, -0.2) is 4.98 Å². The summed E-state index contributed by atoms with van der Waals surface area (Å²) in [5.41, 5.74) is 4.96. The van der Waals surface area contributed by atoms with Crippen molar-refractivity contribution >= 4 is 51.4 Å². The zero-order chi connectivity index (χ0) is 23.5. The minimum Gasteiger partial charge on any atom is -0.302 e. The second kappa shape index (κ2) is 10.1. The van der Waals surface area contributed by atoms with Crippen LogP contribution >= 0.6 is 34.7 Å². The molecule has 0 N–H and O–H groups in total. The van der Waals surface area contributed by atoms with E-state index in [1.54, 1.807) is 23.6 Å². The molecule has 33 heavy (non-hydrogen) atoms. The van der Waals surface area contributed by atoms with Gasteiger partial charge in [0.05, 0.1) is 11.4 Å². The topological polar surface area (TPSA) is 63.9 Å². The number of thiazole rings is 1. The lowest BCUT2D eigenvalue weighted by Gasteiger charge is -2.21. The predicted molar refractivity (Wildman–Crippen MR) is 137 cm³/mol. The third kappa shape index (κ3) is 4.98. The third-order valence-corrected chi connectivity index (χ3v) is 7.47. The molecule has 0 spiro atoms. The van der Waals surface area contributed by atoms with Gasteiger partial charge in [-0.15, -0.1) is 21.5 Å². The summed E-state index contributed by atoms with van der Waals surface area (Å²) in [5, 5.41) is 13.0. The van der Waals surface area contributed by atoms with E-state index in [0.717, 1.165) is 45.6 Å². The largest absolute Gasteiger partial charge is 0.302 e. The van der Waals surface area contributed by atoms with Crippen molar-refractivity contribution in [1.29, 1.82) is 0 Å². The Bertz CT molecular complexity index is 1280. The molecule has 0 aliphatic heterocycles. The van der Waals surface area contributed by atoms with Crippen LogP contribution in [0.3, 0.4) is 0 Å². The number of rotatable bonds is 7. The van der Waals surface area contributed by atoms with Gasteiger partial charge >= 0.3 is 0 Å². The summed E-state index contributed by atoms with van der Waals surface area (Å²) < 4.78 is 2.08. The fourth-order valence-corrected chi connectivity index (χ4v) is 5.49. The van der Waals surface area contributed by atoms with Crippen LogP contribution in [0.5, 0.6) is 0 Å². The highest BCUT2D eigenvalue weighted by atomic mass is 35.5. The molecule has 4 aromatic rings. The molecule has 1 amide bonds. The zero-order valence-electron chi connectivity index (χ0n) is 18.9. The Morgan fingerprint density at radius 3 is 2.61 bits per heavy atom. The van der Waals surface area contributed by atoms with Crippen molar-refractivity contribution in [1.82, 2.24) is 19.7 Å². The summed E-state index contributed by atoms with van der Waals surface area (Å²) in [5.74, 6) is 1.39. The smallest absolute Gasteiger partial charge is 0.230 e. The number of aromatic nitrogens is 4. The third-order valence-electron chi connectivity index (χ3n) is 5.35. The first-order valence-corrected chi connectivity index (χ1v) is 12.8. The Kier molecular flexibility index (Phi) is 7.17. The predicted octanol–water partition coefficient (Wildman–Crippen LogP) is 6.67. The molecule has 170 valence electrons. The second-order valence-electron chi connectivity index (χ2n) is 7.54. The number of carbonyl (C=O) groups excluding carboxylic acids is 1. The molecule has 0 atom stereocenters. The van der Waals surface area contributed by atoms with E-state index in [-0.39, 0.29) is 5.91 Å². The van der Waals surface area contributed by atoms with E-state index >= 15 is 0 Å². The molecule has 6 nitrogen and oxygen atoms in total. The first-order valence-electron chi connectivity index (χ1n) is 10.5. The minimum atomic E-state index is -0.0596. The Balaban J connectivity index is 1.54. The van der Waals surface area contributed by atoms with Gasteiger partial charge in [-0.2, -0.15) is 0 Å². The van der Waals surface area contributed by atoms with E-state index < -0.39 is 0 Å². The van der Waals surface area contributed by atoms with Gasteiger partial charge < -0.3 is 4.57 Å². The minimum absolute atomic E-state index is 0.0596. The van der Waals surface area contributed by atoms with E-state index in [1.165, 1.54) is 11.3 Å². The molecule has 2 aromatic heterocycles. The summed E-state index contributed by atoms with van der Waals surface area (Å²) in [6.45, 7) is 8.47. The van der Waals surface area contributed by atoms with Crippen molar-refractivity contribution in [2.75, 3.05) is 4.90 Å². The molecule has 0 radical (unpaired) electrons. The molecule has 0 saturated carbocycles. The first kappa shape index (κ1) is 23.5. The van der Waals surface area contributed by atoms with E-state index in [4.69, 9.17) is 16.6 Å². The Hall–Kier alpha value is -2.68. The van der Waals surface area contributed by atoms with Gasteiger partial charge in [0.2, 0.25) is 5.91 Å². The Morgan fingerprint density at radius 1 is 1.15 bits per heavy atom. The maximum absolute atomic E-state index is 12.5. The number of anilines is 2. The summed E-state index contributed by atoms with van der Waals surface area (Å²) in [4.78, 5) is 18.9. The quantitative estimate of drug-likeness (QED) is 0.267. The number of aryl methyl sites for hydroxylation is 1. The molecule has 0 saturated heterocycles. The lowest BCUT2D eigenvalue weighted by Crippen LogP contribution is -2.23. The van der Waals surface area contributed by atoms with E-state index in [9.17, 15) is 4.79 Å². The van der Waals surface area contributed by atoms with Crippen LogP contribution in [0.1, 0.15) is 30.7 Å². The SMILES string of the molecule is CCn1c(SCc2csc(N(C(C)=O)c3cccc(C)c3C)n2)nnc1-c1ccc(Cl)cc1. The number of benzene rings is 2. The lowest BCUT2D eigenvalue weighted by molar-refractivity contribution is -0.115. The number of hydrogen-bond donors (Lipinski definition) is 0. The molecule has 0 aliphatic carbocycles. The average molecular weight is 498 g/mol. The van der Waals surface area contributed by atoms with Crippen LogP contribution in [-0.4, -0.2) is 25.7 Å². The maximum atomic E-state index is 12.5. The van der Waals surface area contributed by atoms with E-state index in [1.807, 2.05) is 61.7 Å². The van der Waals surface area contributed by atoms with Crippen molar-refractivity contribution < 1.29 is 4.79 Å². The molecule has 2 heterocycles. The van der Waals surface area contributed by atoms with Gasteiger partial charge in [0.25, 0.3) is 0 Å². The lowest BCUT2D eigenvalue weighted by atomic mass is 10.1. The number of nitrogens with zero attached hydrogens (tertiary/aromatic N) is 5. The number of thioether (sulfide) groups is 1. The fourth-order valence-electron chi connectivity index (χ4n) is 3.48. The summed E-state index contributed by atoms with van der Waals surface area (Å²) >= 11 is 9.07. The van der Waals surface area contributed by atoms with Gasteiger partial charge in [-0.1, -0.05) is 35.5 Å². The molecule has 0 bridgehead atoms. The van der Waals surface area contributed by atoms with Gasteiger partial charge in [0, 0.05) is 35.2 Å². The van der Waals surface area contributed by atoms with E-state index in [2.05, 4.69) is 21.7 Å². The normalized spacial score (nSPS) is 11.1. The number of carbonyl (C=O) groups is 1. The van der Waals surface area contributed by atoms with Crippen molar-refractivity contribution in [2.24, 2.45) is 0 Å². The standard InChI is InChI=1S/C24H24ClN5OS2/c1-5-29-22(18-9-11-19(25)12-10-18)27-28-24(29)33-14-20-13-32-23(26-20)30(17(4)31)21-8-6-7-15(2)16(21)3/h6-13H,5,14H2,1-4H3. The van der Waals surface area contributed by atoms with Crippen LogP contribution in [0.4, 0.5) is 10.8 Å². The molecule has 0 aliphatic rings. The average Bonchev–Trinajstić information content (AvgIpc) is 3.42. The van der Waals surface area contributed by atoms with Crippen molar-refractivity contribution in [3.05, 3.63) is 69.7 Å².